The molecule has 154 valence electrons. The van der Waals surface area contributed by atoms with Gasteiger partial charge in [-0.1, -0.05) is 35.9 Å². The lowest BCUT2D eigenvalue weighted by Crippen LogP contribution is -2.25. The van der Waals surface area contributed by atoms with E-state index >= 15 is 0 Å². The fourth-order valence-corrected chi connectivity index (χ4v) is 2.77. The van der Waals surface area contributed by atoms with Gasteiger partial charge in [0.2, 0.25) is 0 Å². The van der Waals surface area contributed by atoms with Crippen LogP contribution in [0.5, 0.6) is 5.75 Å². The Labute approximate surface area is 177 Å². The zero-order chi connectivity index (χ0) is 21.8. The molecule has 7 nitrogen and oxygen atoms in total. The number of hydrogen-bond acceptors (Lipinski definition) is 6. The molecule has 0 aliphatic heterocycles. The summed E-state index contributed by atoms with van der Waals surface area (Å²) in [4.78, 5) is 9.82. The SMILES string of the molecule is CCOC(C)=O.N#Cc1cccc(/C=C/CN(c2ccc(O)c(Cl)c2)S(=O)[O-])c1. The second-order valence-electron chi connectivity index (χ2n) is 5.48. The number of anilines is 1. The Kier molecular flexibility index (Phi) is 10.5. The summed E-state index contributed by atoms with van der Waals surface area (Å²) < 4.78 is 28.3. The van der Waals surface area contributed by atoms with Crippen molar-refractivity contribution >= 4 is 40.6 Å². The molecule has 0 radical (unpaired) electrons. The van der Waals surface area contributed by atoms with Gasteiger partial charge in [0, 0.05) is 24.7 Å². The number of ether oxygens (including phenoxy) is 1. The van der Waals surface area contributed by atoms with Gasteiger partial charge in [-0.25, -0.2) is 0 Å². The van der Waals surface area contributed by atoms with Crippen LogP contribution >= 0.6 is 11.6 Å². The van der Waals surface area contributed by atoms with Crippen LogP contribution in [0.3, 0.4) is 0 Å². The summed E-state index contributed by atoms with van der Waals surface area (Å²) >= 11 is 3.31. The predicted octanol–water partition coefficient (Wildman–Crippen LogP) is 3.80. The minimum Gasteiger partial charge on any atom is -0.755 e. The highest BCUT2D eigenvalue weighted by Gasteiger charge is 2.08. The normalized spacial score (nSPS) is 11.1. The largest absolute Gasteiger partial charge is 0.755 e. The molecular formula is C20H20ClN2O5S-. The van der Waals surface area contributed by atoms with Crippen LogP contribution in [0, 0.1) is 11.3 Å². The van der Waals surface area contributed by atoms with E-state index in [0.29, 0.717) is 17.9 Å². The fraction of sp³-hybridized carbons (Fsp3) is 0.200. The van der Waals surface area contributed by atoms with E-state index in [4.69, 9.17) is 16.9 Å². The number of nitrogens with zero attached hydrogens (tertiary/aromatic N) is 2. The Balaban J connectivity index is 0.000000612. The topological polar surface area (TPSA) is 114 Å². The van der Waals surface area contributed by atoms with Gasteiger partial charge in [-0.05, 0) is 42.8 Å². The number of benzene rings is 2. The maximum absolute atomic E-state index is 11.4. The molecule has 0 aliphatic rings. The van der Waals surface area contributed by atoms with Crippen molar-refractivity contribution in [3.05, 3.63) is 64.7 Å². The zero-order valence-corrected chi connectivity index (χ0v) is 17.4. The second kappa shape index (κ2) is 12.6. The van der Waals surface area contributed by atoms with E-state index in [2.05, 4.69) is 4.74 Å². The average Bonchev–Trinajstić information content (AvgIpc) is 2.68. The number of phenols is 1. The average molecular weight is 436 g/mol. The lowest BCUT2D eigenvalue weighted by atomic mass is 10.1. The molecule has 0 amide bonds. The number of rotatable bonds is 6. The standard InChI is InChI=1S/C16H13ClN2O3S.C4H8O2/c17-15-10-14(6-7-16(15)20)19(23(21)22)8-2-5-12-3-1-4-13(9-12)11-18;1-3-6-4(2)5/h1-7,9-10,20H,8H2,(H,21,22);3H2,1-2H3/p-1/b5-2+;. The first kappa shape index (κ1) is 24.2. The van der Waals surface area contributed by atoms with Crippen LogP contribution in [-0.2, 0) is 20.8 Å². The first-order valence-electron chi connectivity index (χ1n) is 8.44. The van der Waals surface area contributed by atoms with Crippen molar-refractivity contribution in [3.8, 4) is 11.8 Å². The van der Waals surface area contributed by atoms with Crippen LogP contribution < -0.4 is 4.31 Å². The van der Waals surface area contributed by atoms with Gasteiger partial charge in [0.1, 0.15) is 5.75 Å². The number of halogens is 1. The molecule has 0 aromatic heterocycles. The molecule has 0 fully saturated rings. The Morgan fingerprint density at radius 2 is 2.10 bits per heavy atom. The highest BCUT2D eigenvalue weighted by atomic mass is 35.5. The quantitative estimate of drug-likeness (QED) is 0.545. The highest BCUT2D eigenvalue weighted by molar-refractivity contribution is 7.80. The summed E-state index contributed by atoms with van der Waals surface area (Å²) in [5, 5.41) is 18.3. The van der Waals surface area contributed by atoms with Crippen LogP contribution in [0.25, 0.3) is 6.08 Å². The number of nitriles is 1. The molecule has 1 N–H and O–H groups in total. The van der Waals surface area contributed by atoms with Crippen LogP contribution in [-0.4, -0.2) is 33.0 Å². The molecule has 0 heterocycles. The van der Waals surface area contributed by atoms with Crippen molar-refractivity contribution in [2.45, 2.75) is 13.8 Å². The molecule has 2 rings (SSSR count). The first-order valence-corrected chi connectivity index (χ1v) is 9.85. The van der Waals surface area contributed by atoms with E-state index in [9.17, 15) is 18.7 Å². The fourth-order valence-electron chi connectivity index (χ4n) is 2.10. The predicted molar refractivity (Wildman–Crippen MR) is 112 cm³/mol. The van der Waals surface area contributed by atoms with E-state index in [-0.39, 0.29) is 23.3 Å². The molecule has 0 spiro atoms. The van der Waals surface area contributed by atoms with Gasteiger partial charge in [-0.15, -0.1) is 0 Å². The molecule has 0 saturated carbocycles. The summed E-state index contributed by atoms with van der Waals surface area (Å²) in [5.41, 5.74) is 1.67. The molecule has 29 heavy (non-hydrogen) atoms. The van der Waals surface area contributed by atoms with E-state index in [1.807, 2.05) is 12.1 Å². The van der Waals surface area contributed by atoms with Crippen LogP contribution in [0.2, 0.25) is 5.02 Å². The number of hydrogen-bond donors (Lipinski definition) is 1. The van der Waals surface area contributed by atoms with E-state index in [0.717, 1.165) is 9.87 Å². The van der Waals surface area contributed by atoms with Crippen molar-refractivity contribution in [1.29, 1.82) is 5.26 Å². The van der Waals surface area contributed by atoms with Gasteiger partial charge in [0.25, 0.3) is 0 Å². The third-order valence-electron chi connectivity index (χ3n) is 3.34. The van der Waals surface area contributed by atoms with Gasteiger partial charge in [-0.3, -0.25) is 13.3 Å². The summed E-state index contributed by atoms with van der Waals surface area (Å²) in [6.07, 6.45) is 3.38. The zero-order valence-electron chi connectivity index (χ0n) is 15.9. The third-order valence-corrected chi connectivity index (χ3v) is 4.37. The summed E-state index contributed by atoms with van der Waals surface area (Å²) in [5.74, 6) is -0.326. The number of aromatic hydroxyl groups is 1. The molecular weight excluding hydrogens is 416 g/mol. The van der Waals surface area contributed by atoms with Crippen molar-refractivity contribution in [2.24, 2.45) is 0 Å². The molecule has 0 aliphatic carbocycles. The van der Waals surface area contributed by atoms with E-state index < -0.39 is 11.3 Å². The number of phenolic OH excluding ortho intramolecular Hbond substituents is 1. The number of carbonyl (C=O) groups excluding carboxylic acids is 1. The first-order chi connectivity index (χ1) is 13.8. The molecule has 0 saturated heterocycles. The lowest BCUT2D eigenvalue weighted by molar-refractivity contribution is -0.140. The summed E-state index contributed by atoms with van der Waals surface area (Å²) in [7, 11) is 0. The lowest BCUT2D eigenvalue weighted by Gasteiger charge is -2.25. The smallest absolute Gasteiger partial charge is 0.302 e. The van der Waals surface area contributed by atoms with E-state index in [1.54, 1.807) is 37.3 Å². The maximum atomic E-state index is 11.4. The van der Waals surface area contributed by atoms with Crippen molar-refractivity contribution < 1.29 is 23.4 Å². The van der Waals surface area contributed by atoms with Crippen LogP contribution in [0.1, 0.15) is 25.0 Å². The van der Waals surface area contributed by atoms with Crippen molar-refractivity contribution in [2.75, 3.05) is 17.5 Å². The third kappa shape index (κ3) is 8.79. The summed E-state index contributed by atoms with van der Waals surface area (Å²) in [6.45, 7) is 3.74. The Hall–Kier alpha value is -2.86. The van der Waals surface area contributed by atoms with Gasteiger partial charge < -0.3 is 14.4 Å². The van der Waals surface area contributed by atoms with Crippen molar-refractivity contribution in [1.82, 2.24) is 0 Å². The highest BCUT2D eigenvalue weighted by Crippen LogP contribution is 2.28. The number of esters is 1. The number of carbonyl (C=O) groups is 1. The van der Waals surface area contributed by atoms with Gasteiger partial charge in [0.15, 0.2) is 0 Å². The molecule has 9 heteroatoms. The van der Waals surface area contributed by atoms with Gasteiger partial charge >= 0.3 is 5.97 Å². The Morgan fingerprint density at radius 1 is 1.38 bits per heavy atom. The molecule has 2 aromatic rings. The minimum atomic E-state index is -2.49. The Bertz CT molecular complexity index is 927. The maximum Gasteiger partial charge on any atom is 0.302 e. The van der Waals surface area contributed by atoms with Gasteiger partial charge in [0.05, 0.1) is 28.9 Å². The monoisotopic (exact) mass is 435 g/mol. The Morgan fingerprint density at radius 3 is 2.62 bits per heavy atom. The minimum absolute atomic E-state index is 0.0728. The molecule has 1 unspecified atom stereocenters. The van der Waals surface area contributed by atoms with Crippen LogP contribution in [0.4, 0.5) is 5.69 Å². The van der Waals surface area contributed by atoms with Gasteiger partial charge in [-0.2, -0.15) is 5.26 Å². The molecule has 2 aromatic carbocycles. The second-order valence-corrected chi connectivity index (χ2v) is 6.76. The molecule has 1 atom stereocenters. The van der Waals surface area contributed by atoms with Crippen molar-refractivity contribution in [3.63, 3.8) is 0 Å². The summed E-state index contributed by atoms with van der Waals surface area (Å²) in [6, 6.07) is 13.2. The van der Waals surface area contributed by atoms with E-state index in [1.165, 1.54) is 25.1 Å². The van der Waals surface area contributed by atoms with Crippen LogP contribution in [0.15, 0.2) is 48.5 Å². The molecule has 0 bridgehead atoms.